The molecule has 138 valence electrons. The average molecular weight is 352 g/mol. The van der Waals surface area contributed by atoms with Gasteiger partial charge in [0.05, 0.1) is 5.69 Å². The van der Waals surface area contributed by atoms with Crippen molar-refractivity contribution in [1.29, 1.82) is 0 Å². The molecule has 1 amide bonds. The highest BCUT2D eigenvalue weighted by Gasteiger charge is 2.40. The molecule has 0 fully saturated rings. The van der Waals surface area contributed by atoms with Crippen molar-refractivity contribution in [3.8, 4) is 0 Å². The Morgan fingerprint density at radius 1 is 1.12 bits per heavy atom. The van der Waals surface area contributed by atoms with E-state index in [0.29, 0.717) is 6.54 Å². The molecule has 1 heterocycles. The highest BCUT2D eigenvalue weighted by molar-refractivity contribution is 5.89. The number of para-hydroxylation sites is 1. The summed E-state index contributed by atoms with van der Waals surface area (Å²) in [6.07, 6.45) is 1.27. The van der Waals surface area contributed by atoms with Crippen LogP contribution in [0.15, 0.2) is 54.6 Å². The van der Waals surface area contributed by atoms with Crippen molar-refractivity contribution in [2.24, 2.45) is 11.1 Å². The lowest BCUT2D eigenvalue weighted by Gasteiger charge is -2.43. The number of ether oxygens (including phenoxy) is 1. The van der Waals surface area contributed by atoms with Crippen molar-refractivity contribution in [1.82, 2.24) is 0 Å². The van der Waals surface area contributed by atoms with Gasteiger partial charge in [-0.1, -0.05) is 69.3 Å². The van der Waals surface area contributed by atoms with Crippen molar-refractivity contribution >= 4 is 11.8 Å². The molecule has 0 radical (unpaired) electrons. The number of nitrogens with two attached hydrogens (primary N) is 1. The summed E-state index contributed by atoms with van der Waals surface area (Å²) in [5.74, 6) is 0. The third-order valence-electron chi connectivity index (χ3n) is 4.78. The zero-order valence-electron chi connectivity index (χ0n) is 15.9. The number of nitrogens with zero attached hydrogens (tertiary/aromatic N) is 1. The number of hydrogen-bond donors (Lipinski definition) is 1. The second kappa shape index (κ2) is 7.12. The molecule has 0 saturated carbocycles. The molecule has 0 spiro atoms. The van der Waals surface area contributed by atoms with Gasteiger partial charge in [0.15, 0.2) is 0 Å². The normalized spacial score (nSPS) is 19.8. The fraction of sp³-hybridized carbons (Fsp3) is 0.409. The SMILES string of the molecule is CC(C)(C)CC1(N)CCN(C(=O)OCc2ccccc2)c2ccccc21. The Labute approximate surface area is 156 Å². The Kier molecular flexibility index (Phi) is 5.05. The minimum absolute atomic E-state index is 0.109. The van der Waals surface area contributed by atoms with E-state index in [1.165, 1.54) is 0 Å². The van der Waals surface area contributed by atoms with E-state index in [4.69, 9.17) is 10.5 Å². The molecule has 1 aliphatic heterocycles. The smallest absolute Gasteiger partial charge is 0.414 e. The van der Waals surface area contributed by atoms with E-state index in [2.05, 4.69) is 20.8 Å². The number of amides is 1. The Morgan fingerprint density at radius 3 is 2.46 bits per heavy atom. The Morgan fingerprint density at radius 2 is 1.77 bits per heavy atom. The van der Waals surface area contributed by atoms with E-state index in [0.717, 1.165) is 29.7 Å². The predicted octanol–water partition coefficient (Wildman–Crippen LogP) is 4.82. The summed E-state index contributed by atoms with van der Waals surface area (Å²) in [4.78, 5) is 14.4. The van der Waals surface area contributed by atoms with E-state index in [1.54, 1.807) is 4.90 Å². The molecular weight excluding hydrogens is 324 g/mol. The Balaban J connectivity index is 1.80. The van der Waals surface area contributed by atoms with Crippen LogP contribution in [0.5, 0.6) is 0 Å². The van der Waals surface area contributed by atoms with Gasteiger partial charge in [-0.2, -0.15) is 0 Å². The van der Waals surface area contributed by atoms with Gasteiger partial charge in [0.1, 0.15) is 6.61 Å². The van der Waals surface area contributed by atoms with E-state index in [9.17, 15) is 4.79 Å². The van der Waals surface area contributed by atoms with Gasteiger partial charge in [0, 0.05) is 12.1 Å². The lowest BCUT2D eigenvalue weighted by Crippen LogP contribution is -2.49. The highest BCUT2D eigenvalue weighted by atomic mass is 16.6. The number of rotatable bonds is 3. The molecule has 1 atom stereocenters. The molecule has 1 aliphatic rings. The van der Waals surface area contributed by atoms with Crippen molar-refractivity contribution in [2.45, 2.75) is 45.8 Å². The summed E-state index contributed by atoms with van der Waals surface area (Å²) in [6, 6.07) is 17.7. The summed E-state index contributed by atoms with van der Waals surface area (Å²) < 4.78 is 5.54. The van der Waals surface area contributed by atoms with Gasteiger partial charge in [-0.25, -0.2) is 4.79 Å². The molecule has 4 heteroatoms. The summed E-state index contributed by atoms with van der Waals surface area (Å²) >= 11 is 0. The maximum absolute atomic E-state index is 12.7. The quantitative estimate of drug-likeness (QED) is 0.861. The fourth-order valence-corrected chi connectivity index (χ4v) is 3.81. The average Bonchev–Trinajstić information content (AvgIpc) is 2.59. The number of anilines is 1. The first-order valence-electron chi connectivity index (χ1n) is 9.15. The third kappa shape index (κ3) is 4.07. The van der Waals surface area contributed by atoms with Crippen LogP contribution < -0.4 is 10.6 Å². The minimum Gasteiger partial charge on any atom is -0.444 e. The van der Waals surface area contributed by atoms with E-state index >= 15 is 0 Å². The number of carbonyl (C=O) groups excluding carboxylic acids is 1. The second-order valence-electron chi connectivity index (χ2n) is 8.35. The van der Waals surface area contributed by atoms with E-state index in [-0.39, 0.29) is 18.1 Å². The van der Waals surface area contributed by atoms with Gasteiger partial charge < -0.3 is 10.5 Å². The zero-order valence-corrected chi connectivity index (χ0v) is 15.9. The molecule has 0 saturated heterocycles. The fourth-order valence-electron chi connectivity index (χ4n) is 3.81. The van der Waals surface area contributed by atoms with Crippen LogP contribution in [0.3, 0.4) is 0 Å². The van der Waals surface area contributed by atoms with Crippen molar-refractivity contribution < 1.29 is 9.53 Å². The van der Waals surface area contributed by atoms with Crippen LogP contribution in [0, 0.1) is 5.41 Å². The molecule has 0 bridgehead atoms. The van der Waals surface area contributed by atoms with Gasteiger partial charge in [0.25, 0.3) is 0 Å². The van der Waals surface area contributed by atoms with Crippen LogP contribution in [0.2, 0.25) is 0 Å². The zero-order chi connectivity index (χ0) is 18.8. The van der Waals surface area contributed by atoms with E-state index < -0.39 is 5.54 Å². The van der Waals surface area contributed by atoms with Crippen LogP contribution >= 0.6 is 0 Å². The minimum atomic E-state index is -0.426. The molecule has 2 aromatic carbocycles. The number of hydrogen-bond acceptors (Lipinski definition) is 3. The van der Waals surface area contributed by atoms with Gasteiger partial charge in [-0.15, -0.1) is 0 Å². The first kappa shape index (κ1) is 18.5. The Bertz CT molecular complexity index is 767. The summed E-state index contributed by atoms with van der Waals surface area (Å²) in [7, 11) is 0. The van der Waals surface area contributed by atoms with Crippen LogP contribution in [0.25, 0.3) is 0 Å². The van der Waals surface area contributed by atoms with Crippen LogP contribution in [0.1, 0.15) is 44.7 Å². The molecule has 0 aromatic heterocycles. The van der Waals surface area contributed by atoms with Gasteiger partial charge in [-0.05, 0) is 35.4 Å². The first-order chi connectivity index (χ1) is 12.3. The molecular formula is C22H28N2O2. The lowest BCUT2D eigenvalue weighted by molar-refractivity contribution is 0.144. The standard InChI is InChI=1S/C22H28N2O2/c1-21(2,3)16-22(23)13-14-24(19-12-8-7-11-18(19)22)20(25)26-15-17-9-5-4-6-10-17/h4-12H,13-16,23H2,1-3H3. The predicted molar refractivity (Wildman–Crippen MR) is 105 cm³/mol. The third-order valence-corrected chi connectivity index (χ3v) is 4.78. The highest BCUT2D eigenvalue weighted by Crippen LogP contribution is 2.43. The lowest BCUT2D eigenvalue weighted by atomic mass is 9.72. The largest absolute Gasteiger partial charge is 0.444 e. The maximum atomic E-state index is 12.7. The summed E-state index contributed by atoms with van der Waals surface area (Å²) in [5.41, 5.74) is 9.36. The van der Waals surface area contributed by atoms with Crippen LogP contribution in [0.4, 0.5) is 10.5 Å². The first-order valence-corrected chi connectivity index (χ1v) is 9.15. The molecule has 2 N–H and O–H groups in total. The molecule has 4 nitrogen and oxygen atoms in total. The molecule has 0 aliphatic carbocycles. The number of fused-ring (bicyclic) bond motifs is 1. The molecule has 2 aromatic rings. The molecule has 26 heavy (non-hydrogen) atoms. The summed E-state index contributed by atoms with van der Waals surface area (Å²) in [5, 5.41) is 0. The van der Waals surface area contributed by atoms with Crippen molar-refractivity contribution in [2.75, 3.05) is 11.4 Å². The number of carbonyl (C=O) groups is 1. The second-order valence-corrected chi connectivity index (χ2v) is 8.35. The van der Waals surface area contributed by atoms with Gasteiger partial charge >= 0.3 is 6.09 Å². The van der Waals surface area contributed by atoms with Crippen LogP contribution in [-0.2, 0) is 16.9 Å². The molecule has 1 unspecified atom stereocenters. The summed E-state index contributed by atoms with van der Waals surface area (Å²) in [6.45, 7) is 7.44. The topological polar surface area (TPSA) is 55.6 Å². The maximum Gasteiger partial charge on any atom is 0.414 e. The number of benzene rings is 2. The van der Waals surface area contributed by atoms with Crippen molar-refractivity contribution in [3.63, 3.8) is 0 Å². The van der Waals surface area contributed by atoms with Gasteiger partial charge in [-0.3, -0.25) is 4.90 Å². The monoisotopic (exact) mass is 352 g/mol. The van der Waals surface area contributed by atoms with Crippen molar-refractivity contribution in [3.05, 3.63) is 65.7 Å². The van der Waals surface area contributed by atoms with Crippen LogP contribution in [-0.4, -0.2) is 12.6 Å². The molecule has 3 rings (SSSR count). The Hall–Kier alpha value is -2.33. The van der Waals surface area contributed by atoms with E-state index in [1.807, 2.05) is 54.6 Å². The van der Waals surface area contributed by atoms with Gasteiger partial charge in [0.2, 0.25) is 0 Å².